The minimum absolute atomic E-state index is 0.0657. The Morgan fingerprint density at radius 1 is 1.22 bits per heavy atom. The van der Waals surface area contributed by atoms with Gasteiger partial charge in [-0.1, -0.05) is 35.1 Å². The lowest BCUT2D eigenvalue weighted by atomic mass is 10.1. The number of anilines is 1. The van der Waals surface area contributed by atoms with Crippen molar-refractivity contribution in [3.63, 3.8) is 0 Å². The molecule has 2 heterocycles. The number of nitrogens with two attached hydrogens (primary N) is 1. The van der Waals surface area contributed by atoms with Crippen LogP contribution in [0.2, 0.25) is 5.02 Å². The van der Waals surface area contributed by atoms with E-state index in [1.165, 1.54) is 11.3 Å². The summed E-state index contributed by atoms with van der Waals surface area (Å²) in [5.74, 6) is -0.476. The zero-order valence-corrected chi connectivity index (χ0v) is 15.7. The summed E-state index contributed by atoms with van der Waals surface area (Å²) in [6.07, 6.45) is 0.735. The summed E-state index contributed by atoms with van der Waals surface area (Å²) >= 11 is 7.31. The van der Waals surface area contributed by atoms with E-state index in [1.807, 2.05) is 30.3 Å². The van der Waals surface area contributed by atoms with Crippen molar-refractivity contribution >= 4 is 39.2 Å². The normalized spacial score (nSPS) is 12.4. The monoisotopic (exact) mass is 401 g/mol. The van der Waals surface area contributed by atoms with Crippen LogP contribution in [0.25, 0.3) is 21.7 Å². The lowest BCUT2D eigenvalue weighted by Crippen LogP contribution is -2.31. The van der Waals surface area contributed by atoms with Gasteiger partial charge in [0.15, 0.2) is 5.58 Å². The molecule has 0 aliphatic rings. The van der Waals surface area contributed by atoms with Crippen molar-refractivity contribution in [3.05, 3.63) is 63.6 Å². The Kier molecular flexibility index (Phi) is 4.93. The van der Waals surface area contributed by atoms with Crippen molar-refractivity contribution in [2.24, 2.45) is 5.73 Å². The molecule has 0 spiro atoms. The van der Waals surface area contributed by atoms with E-state index in [1.54, 1.807) is 12.1 Å². The van der Waals surface area contributed by atoms with Crippen LogP contribution < -0.4 is 16.8 Å². The molecule has 0 aliphatic carbocycles. The molecule has 0 unspecified atom stereocenters. The first kappa shape index (κ1) is 17.7. The van der Waals surface area contributed by atoms with Gasteiger partial charge in [0.1, 0.15) is 5.01 Å². The molecule has 4 rings (SSSR count). The molecule has 9 heteroatoms. The maximum atomic E-state index is 11.3. The number of hydrogen-bond donors (Lipinski definition) is 3. The second kappa shape index (κ2) is 7.51. The lowest BCUT2D eigenvalue weighted by Gasteiger charge is -2.12. The molecule has 0 saturated heterocycles. The van der Waals surface area contributed by atoms with E-state index in [-0.39, 0.29) is 6.04 Å². The summed E-state index contributed by atoms with van der Waals surface area (Å²) in [7, 11) is 0. The van der Waals surface area contributed by atoms with Gasteiger partial charge in [-0.25, -0.2) is 4.79 Å². The van der Waals surface area contributed by atoms with Gasteiger partial charge in [0.05, 0.1) is 5.52 Å². The van der Waals surface area contributed by atoms with Gasteiger partial charge in [0, 0.05) is 23.2 Å². The van der Waals surface area contributed by atoms with Crippen molar-refractivity contribution in [2.45, 2.75) is 12.5 Å². The summed E-state index contributed by atoms with van der Waals surface area (Å²) < 4.78 is 5.08. The van der Waals surface area contributed by atoms with Crippen molar-refractivity contribution in [1.82, 2.24) is 15.2 Å². The van der Waals surface area contributed by atoms with Crippen LogP contribution in [0.3, 0.4) is 0 Å². The summed E-state index contributed by atoms with van der Waals surface area (Å²) in [4.78, 5) is 13.9. The highest BCUT2D eigenvalue weighted by Gasteiger charge is 2.11. The third-order valence-electron chi connectivity index (χ3n) is 4.02. The van der Waals surface area contributed by atoms with Crippen LogP contribution >= 0.6 is 22.9 Å². The largest absolute Gasteiger partial charge is 0.417 e. The molecule has 0 aliphatic heterocycles. The van der Waals surface area contributed by atoms with E-state index in [0.717, 1.165) is 22.6 Å². The average molecular weight is 402 g/mol. The number of halogens is 1. The molecular weight excluding hydrogens is 386 g/mol. The zero-order valence-electron chi connectivity index (χ0n) is 14.1. The predicted octanol–water partition coefficient (Wildman–Crippen LogP) is 3.27. The van der Waals surface area contributed by atoms with Gasteiger partial charge in [-0.3, -0.25) is 4.98 Å². The molecule has 27 heavy (non-hydrogen) atoms. The van der Waals surface area contributed by atoms with Gasteiger partial charge >= 0.3 is 5.76 Å². The van der Waals surface area contributed by atoms with Gasteiger partial charge in [0.25, 0.3) is 0 Å². The standard InChI is InChI=1S/C18H16ClN5O2S/c19-12-4-1-10(2-5-12)7-13(20)9-21-17-24-23-16(27-17)11-3-6-14-15(8-11)26-18(25)22-14/h1-6,8,13H,7,9,20H2,(H,21,24)(H,22,25)/t13-/m0/s1. The second-order valence-electron chi connectivity index (χ2n) is 6.11. The molecule has 0 saturated carbocycles. The van der Waals surface area contributed by atoms with Crippen LogP contribution in [0.1, 0.15) is 5.56 Å². The van der Waals surface area contributed by atoms with E-state index < -0.39 is 5.76 Å². The number of oxazole rings is 1. The number of hydrogen-bond acceptors (Lipinski definition) is 7. The number of aromatic amines is 1. The quantitative estimate of drug-likeness (QED) is 0.457. The summed E-state index contributed by atoms with van der Waals surface area (Å²) in [6.45, 7) is 0.572. The highest BCUT2D eigenvalue weighted by Crippen LogP contribution is 2.28. The fourth-order valence-corrected chi connectivity index (χ4v) is 3.58. The van der Waals surface area contributed by atoms with E-state index in [4.69, 9.17) is 21.8 Å². The Bertz CT molecular complexity index is 1120. The second-order valence-corrected chi connectivity index (χ2v) is 7.52. The molecule has 0 amide bonds. The predicted molar refractivity (Wildman–Crippen MR) is 107 cm³/mol. The van der Waals surface area contributed by atoms with E-state index in [0.29, 0.717) is 27.8 Å². The van der Waals surface area contributed by atoms with E-state index in [2.05, 4.69) is 20.5 Å². The first-order valence-corrected chi connectivity index (χ1v) is 9.47. The Balaban J connectivity index is 1.39. The number of nitrogens with zero attached hydrogens (tertiary/aromatic N) is 2. The summed E-state index contributed by atoms with van der Waals surface area (Å²) in [5, 5.41) is 13.7. The highest BCUT2D eigenvalue weighted by atomic mass is 35.5. The van der Waals surface area contributed by atoms with Crippen molar-refractivity contribution in [3.8, 4) is 10.6 Å². The fraction of sp³-hybridized carbons (Fsp3) is 0.167. The lowest BCUT2D eigenvalue weighted by molar-refractivity contribution is 0.555. The zero-order chi connectivity index (χ0) is 18.8. The number of H-pyrrole nitrogens is 1. The molecule has 0 bridgehead atoms. The molecule has 2 aromatic heterocycles. The Morgan fingerprint density at radius 2 is 2.04 bits per heavy atom. The third kappa shape index (κ3) is 4.19. The molecule has 4 aromatic rings. The maximum Gasteiger partial charge on any atom is 0.417 e. The van der Waals surface area contributed by atoms with Gasteiger partial charge in [0.2, 0.25) is 5.13 Å². The van der Waals surface area contributed by atoms with Crippen LogP contribution in [0.4, 0.5) is 5.13 Å². The molecule has 0 fully saturated rings. The SMILES string of the molecule is N[C@H](CNc1nnc(-c2ccc3[nH]c(=O)oc3c2)s1)Cc1ccc(Cl)cc1. The Hall–Kier alpha value is -2.68. The van der Waals surface area contributed by atoms with Gasteiger partial charge in [-0.15, -0.1) is 10.2 Å². The first-order valence-electron chi connectivity index (χ1n) is 8.27. The smallest absolute Gasteiger partial charge is 0.408 e. The van der Waals surface area contributed by atoms with E-state index in [9.17, 15) is 4.79 Å². The third-order valence-corrected chi connectivity index (χ3v) is 5.20. The molecule has 138 valence electrons. The number of nitrogens with one attached hydrogen (secondary N) is 2. The number of benzene rings is 2. The number of aromatic nitrogens is 3. The van der Waals surface area contributed by atoms with Crippen molar-refractivity contribution in [2.75, 3.05) is 11.9 Å². The minimum atomic E-state index is -0.476. The summed E-state index contributed by atoms with van der Waals surface area (Å²) in [5.41, 5.74) is 9.30. The number of rotatable bonds is 6. The molecular formula is C18H16ClN5O2S. The molecule has 2 aromatic carbocycles. The van der Waals surface area contributed by atoms with Gasteiger partial charge in [-0.05, 0) is 42.3 Å². The molecule has 1 atom stereocenters. The van der Waals surface area contributed by atoms with Crippen LogP contribution in [-0.2, 0) is 6.42 Å². The Morgan fingerprint density at radius 3 is 2.85 bits per heavy atom. The van der Waals surface area contributed by atoms with Crippen molar-refractivity contribution < 1.29 is 4.42 Å². The van der Waals surface area contributed by atoms with Gasteiger partial charge < -0.3 is 15.5 Å². The average Bonchev–Trinajstić information content (AvgIpc) is 3.26. The number of fused-ring (bicyclic) bond motifs is 1. The molecule has 4 N–H and O–H groups in total. The van der Waals surface area contributed by atoms with Crippen LogP contribution in [0.5, 0.6) is 0 Å². The van der Waals surface area contributed by atoms with Gasteiger partial charge in [-0.2, -0.15) is 0 Å². The Labute approximate surface area is 163 Å². The molecule has 7 nitrogen and oxygen atoms in total. The highest BCUT2D eigenvalue weighted by molar-refractivity contribution is 7.18. The van der Waals surface area contributed by atoms with Crippen LogP contribution in [-0.4, -0.2) is 27.8 Å². The minimum Gasteiger partial charge on any atom is -0.408 e. The topological polar surface area (TPSA) is 110 Å². The first-order chi connectivity index (χ1) is 13.1. The van der Waals surface area contributed by atoms with Crippen LogP contribution in [0.15, 0.2) is 51.7 Å². The fourth-order valence-electron chi connectivity index (χ4n) is 2.70. The summed E-state index contributed by atoms with van der Waals surface area (Å²) in [6, 6.07) is 13.0. The molecule has 0 radical (unpaired) electrons. The van der Waals surface area contributed by atoms with E-state index >= 15 is 0 Å². The maximum absolute atomic E-state index is 11.3. The van der Waals surface area contributed by atoms with Crippen molar-refractivity contribution in [1.29, 1.82) is 0 Å². The van der Waals surface area contributed by atoms with Crippen LogP contribution in [0, 0.1) is 0 Å².